The van der Waals surface area contributed by atoms with E-state index in [2.05, 4.69) is 39.3 Å². The van der Waals surface area contributed by atoms with Crippen LogP contribution in [0.5, 0.6) is 0 Å². The van der Waals surface area contributed by atoms with Crippen LogP contribution in [0.4, 0.5) is 0 Å². The van der Waals surface area contributed by atoms with Crippen LogP contribution >= 0.6 is 0 Å². The van der Waals surface area contributed by atoms with Crippen molar-refractivity contribution >= 4 is 0 Å². The summed E-state index contributed by atoms with van der Waals surface area (Å²) in [4.78, 5) is 1.34. The largest absolute Gasteiger partial charge is 0.347 e. The van der Waals surface area contributed by atoms with Gasteiger partial charge in [0.15, 0.2) is 5.69 Å². The zero-order chi connectivity index (χ0) is 9.97. The van der Waals surface area contributed by atoms with Gasteiger partial charge in [-0.3, -0.25) is 0 Å². The predicted molar refractivity (Wildman–Crippen MR) is 46.5 cm³/mol. The van der Waals surface area contributed by atoms with Gasteiger partial charge in [0, 0.05) is 13.0 Å². The van der Waals surface area contributed by atoms with Crippen molar-refractivity contribution in [1.82, 2.24) is 25.4 Å². The number of hydrogen-bond donors (Lipinski definition) is 0. The molecule has 0 aromatic carbocycles. The van der Waals surface area contributed by atoms with Crippen LogP contribution in [0.3, 0.4) is 0 Å². The van der Waals surface area contributed by atoms with Crippen LogP contribution in [-0.2, 0) is 7.05 Å². The summed E-state index contributed by atoms with van der Waals surface area (Å²) >= 11 is 0. The van der Waals surface area contributed by atoms with Gasteiger partial charge in [0.2, 0.25) is 11.6 Å². The molecule has 0 atom stereocenters. The fourth-order valence-electron chi connectivity index (χ4n) is 0.913. The fourth-order valence-corrected chi connectivity index (χ4v) is 0.913. The van der Waals surface area contributed by atoms with Gasteiger partial charge in [-0.15, -0.1) is 10.2 Å². The maximum atomic E-state index is 4.89. The molecule has 1 radical (unpaired) electrons. The first-order chi connectivity index (χ1) is 6.79. The van der Waals surface area contributed by atoms with Crippen molar-refractivity contribution in [1.29, 1.82) is 0 Å². The molecule has 6 heteroatoms. The molecule has 0 aliphatic carbocycles. The number of aromatic nitrogens is 5. The van der Waals surface area contributed by atoms with E-state index in [0.29, 0.717) is 17.3 Å². The van der Waals surface area contributed by atoms with Gasteiger partial charge in [-0.25, -0.2) is 0 Å². The normalized spacial score (nSPS) is 9.57. The first-order valence-corrected chi connectivity index (χ1v) is 3.79. The van der Waals surface area contributed by atoms with Crippen LogP contribution in [0.15, 0.2) is 10.6 Å². The minimum atomic E-state index is 0.411. The third-order valence-electron chi connectivity index (χ3n) is 1.46. The topological polar surface area (TPSA) is 69.6 Å². The Hall–Kier alpha value is -2.16. The van der Waals surface area contributed by atoms with Crippen LogP contribution in [0.1, 0.15) is 5.76 Å². The Labute approximate surface area is 79.9 Å². The van der Waals surface area contributed by atoms with Crippen LogP contribution in [0.2, 0.25) is 0 Å². The molecule has 0 aliphatic rings. The molecule has 2 rings (SSSR count). The molecular weight excluding hydrogens is 182 g/mol. The minimum Gasteiger partial charge on any atom is -0.347 e. The molecule has 0 bridgehead atoms. The third-order valence-corrected chi connectivity index (χ3v) is 1.46. The summed E-state index contributed by atoms with van der Waals surface area (Å²) in [5.41, 5.74) is 0.510. The minimum absolute atomic E-state index is 0.411. The van der Waals surface area contributed by atoms with Gasteiger partial charge in [-0.2, -0.15) is 4.80 Å². The van der Waals surface area contributed by atoms with E-state index >= 15 is 0 Å². The van der Waals surface area contributed by atoms with E-state index in [1.165, 1.54) is 4.80 Å². The smallest absolute Gasteiger partial charge is 0.226 e. The molecule has 2 heterocycles. The van der Waals surface area contributed by atoms with E-state index in [1.54, 1.807) is 13.1 Å². The Kier molecular flexibility index (Phi) is 1.99. The van der Waals surface area contributed by atoms with Gasteiger partial charge in [-0.05, 0) is 11.1 Å². The molecule has 0 aliphatic heterocycles. The van der Waals surface area contributed by atoms with E-state index in [4.69, 9.17) is 4.52 Å². The molecule has 0 amide bonds. The van der Waals surface area contributed by atoms with Crippen molar-refractivity contribution < 1.29 is 4.52 Å². The SMILES string of the molecule is [CH2]C#Cc1cc(-c2nnn(C)n2)no1. The molecule has 0 spiro atoms. The molecule has 0 saturated heterocycles. The summed E-state index contributed by atoms with van der Waals surface area (Å²) in [6.45, 7) is 3.37. The highest BCUT2D eigenvalue weighted by Gasteiger charge is 2.09. The van der Waals surface area contributed by atoms with Gasteiger partial charge < -0.3 is 4.52 Å². The summed E-state index contributed by atoms with van der Waals surface area (Å²) < 4.78 is 4.89. The predicted octanol–water partition coefficient (Wildman–Crippen LogP) is 0.0507. The van der Waals surface area contributed by atoms with E-state index in [1.807, 2.05) is 0 Å². The lowest BCUT2D eigenvalue weighted by Gasteiger charge is -1.79. The first-order valence-electron chi connectivity index (χ1n) is 3.79. The Morgan fingerprint density at radius 1 is 1.57 bits per heavy atom. The van der Waals surface area contributed by atoms with Gasteiger partial charge >= 0.3 is 0 Å². The second kappa shape index (κ2) is 3.30. The van der Waals surface area contributed by atoms with Crippen molar-refractivity contribution in [2.24, 2.45) is 7.05 Å². The highest BCUT2D eigenvalue weighted by Crippen LogP contribution is 2.12. The van der Waals surface area contributed by atoms with Gasteiger partial charge in [0.05, 0.1) is 7.05 Å². The summed E-state index contributed by atoms with van der Waals surface area (Å²) in [5.74, 6) is 5.93. The Morgan fingerprint density at radius 2 is 2.43 bits per heavy atom. The second-order valence-electron chi connectivity index (χ2n) is 2.48. The maximum Gasteiger partial charge on any atom is 0.226 e. The van der Waals surface area contributed by atoms with Crippen molar-refractivity contribution in [3.63, 3.8) is 0 Å². The monoisotopic (exact) mass is 188 g/mol. The average molecular weight is 188 g/mol. The molecule has 69 valence electrons. The third kappa shape index (κ3) is 1.47. The van der Waals surface area contributed by atoms with Crippen molar-refractivity contribution in [3.05, 3.63) is 18.8 Å². The van der Waals surface area contributed by atoms with Crippen LogP contribution < -0.4 is 0 Å². The second-order valence-corrected chi connectivity index (χ2v) is 2.48. The molecule has 0 N–H and O–H groups in total. The first kappa shape index (κ1) is 8.44. The zero-order valence-corrected chi connectivity index (χ0v) is 7.43. The van der Waals surface area contributed by atoms with E-state index < -0.39 is 0 Å². The van der Waals surface area contributed by atoms with Gasteiger partial charge in [0.25, 0.3) is 0 Å². The lowest BCUT2D eigenvalue weighted by Crippen LogP contribution is -1.91. The fraction of sp³-hybridized carbons (Fsp3) is 0.125. The molecule has 0 unspecified atom stereocenters. The molecule has 0 fully saturated rings. The Balaban J connectivity index is 2.36. The Morgan fingerprint density at radius 3 is 3.07 bits per heavy atom. The summed E-state index contributed by atoms with van der Waals surface area (Å²) in [5, 5.41) is 15.1. The van der Waals surface area contributed by atoms with E-state index in [0.717, 1.165) is 0 Å². The number of nitrogens with zero attached hydrogens (tertiary/aromatic N) is 5. The van der Waals surface area contributed by atoms with Crippen LogP contribution in [0, 0.1) is 18.8 Å². The molecule has 2 aromatic rings. The number of tetrazole rings is 1. The summed E-state index contributed by atoms with van der Waals surface area (Å²) in [6.07, 6.45) is 0. The number of rotatable bonds is 1. The molecule has 6 nitrogen and oxygen atoms in total. The van der Waals surface area contributed by atoms with Crippen molar-refractivity contribution in [2.45, 2.75) is 0 Å². The highest BCUT2D eigenvalue weighted by molar-refractivity contribution is 5.49. The Bertz CT molecular complexity index is 501. The maximum absolute atomic E-state index is 4.89. The van der Waals surface area contributed by atoms with Crippen LogP contribution in [-0.4, -0.2) is 25.4 Å². The van der Waals surface area contributed by atoms with Gasteiger partial charge in [0.1, 0.15) is 0 Å². The molecule has 2 aromatic heterocycles. The number of aryl methyl sites for hydroxylation is 1. The quantitative estimate of drug-likeness (QED) is 0.591. The highest BCUT2D eigenvalue weighted by atomic mass is 16.5. The van der Waals surface area contributed by atoms with Crippen molar-refractivity contribution in [3.8, 4) is 23.4 Å². The average Bonchev–Trinajstić information content (AvgIpc) is 2.74. The molecular formula is C8H6N5O. The lowest BCUT2D eigenvalue weighted by atomic mass is 10.3. The summed E-state index contributed by atoms with van der Waals surface area (Å²) in [6, 6.07) is 1.63. The molecule has 14 heavy (non-hydrogen) atoms. The number of hydrogen-bond acceptors (Lipinski definition) is 5. The zero-order valence-electron chi connectivity index (χ0n) is 7.43. The van der Waals surface area contributed by atoms with Gasteiger partial charge in [-0.1, -0.05) is 11.1 Å². The lowest BCUT2D eigenvalue weighted by molar-refractivity contribution is 0.413. The van der Waals surface area contributed by atoms with E-state index in [9.17, 15) is 0 Å². The summed E-state index contributed by atoms with van der Waals surface area (Å²) in [7, 11) is 1.67. The standard InChI is InChI=1S/C8H6N5O/c1-3-4-6-5-7(11-14-6)8-9-12-13(2)10-8/h5H,1H2,2H3. The van der Waals surface area contributed by atoms with Crippen LogP contribution in [0.25, 0.3) is 11.5 Å². The van der Waals surface area contributed by atoms with Crippen molar-refractivity contribution in [2.75, 3.05) is 0 Å². The van der Waals surface area contributed by atoms with E-state index in [-0.39, 0.29) is 0 Å². The molecule has 0 saturated carbocycles.